The molecule has 0 unspecified atom stereocenters. The lowest BCUT2D eigenvalue weighted by Crippen LogP contribution is -2.34. The van der Waals surface area contributed by atoms with Gasteiger partial charge in [-0.05, 0) is 31.0 Å². The van der Waals surface area contributed by atoms with Gasteiger partial charge in [0.15, 0.2) is 5.89 Å². The van der Waals surface area contributed by atoms with Gasteiger partial charge in [0.05, 0.1) is 5.69 Å². The van der Waals surface area contributed by atoms with Gasteiger partial charge in [0.1, 0.15) is 11.8 Å². The highest BCUT2D eigenvalue weighted by Crippen LogP contribution is 2.19. The Bertz CT molecular complexity index is 780. The Morgan fingerprint density at radius 1 is 1.52 bits per heavy atom. The average Bonchev–Trinajstić information content (AvgIpc) is 3.23. The van der Waals surface area contributed by atoms with Crippen molar-refractivity contribution in [2.45, 2.75) is 32.7 Å². The number of carbonyl (C=O) groups excluding carboxylic acids is 1. The molecular weight excluding hydrogens is 320 g/mol. The summed E-state index contributed by atoms with van der Waals surface area (Å²) in [4.78, 5) is 33.0. The van der Waals surface area contributed by atoms with E-state index in [9.17, 15) is 9.59 Å². The van der Waals surface area contributed by atoms with E-state index in [-0.39, 0.29) is 22.9 Å². The van der Waals surface area contributed by atoms with Crippen molar-refractivity contribution in [1.29, 1.82) is 0 Å². The van der Waals surface area contributed by atoms with Crippen molar-refractivity contribution >= 4 is 5.91 Å². The van der Waals surface area contributed by atoms with E-state index in [1.807, 2.05) is 0 Å². The standard InChI is InChI=1S/C18H24N4O3/c1-12(2)18-21-14(11-25-18)10-22-7-5-13(9-22)8-20-17(24)15-4-3-6-19-16(15)23/h3-4,6,11-13H,5,7-10H2,1-2H3,(H,19,23)(H,20,24)/t13-/m0/s1. The lowest BCUT2D eigenvalue weighted by Gasteiger charge is -2.14. The third kappa shape index (κ3) is 4.36. The Morgan fingerprint density at radius 2 is 2.36 bits per heavy atom. The van der Waals surface area contributed by atoms with E-state index in [1.54, 1.807) is 12.3 Å². The Kier molecular flexibility index (Phi) is 5.33. The third-order valence-corrected chi connectivity index (χ3v) is 4.43. The molecule has 0 saturated carbocycles. The second-order valence-electron chi connectivity index (χ2n) is 6.84. The van der Waals surface area contributed by atoms with Gasteiger partial charge in [-0.25, -0.2) is 4.98 Å². The third-order valence-electron chi connectivity index (χ3n) is 4.43. The fourth-order valence-corrected chi connectivity index (χ4v) is 3.05. The molecule has 7 heteroatoms. The molecule has 0 aromatic carbocycles. The van der Waals surface area contributed by atoms with Gasteiger partial charge in [-0.3, -0.25) is 14.5 Å². The number of amides is 1. The maximum absolute atomic E-state index is 12.1. The minimum absolute atomic E-state index is 0.154. The van der Waals surface area contributed by atoms with Crippen molar-refractivity contribution in [2.75, 3.05) is 19.6 Å². The first-order chi connectivity index (χ1) is 12.0. The molecule has 0 aliphatic carbocycles. The largest absolute Gasteiger partial charge is 0.448 e. The van der Waals surface area contributed by atoms with Gasteiger partial charge in [-0.1, -0.05) is 13.8 Å². The molecule has 2 aromatic rings. The highest BCUT2D eigenvalue weighted by Gasteiger charge is 2.24. The number of carbonyl (C=O) groups is 1. The number of H-pyrrole nitrogens is 1. The van der Waals surface area contributed by atoms with Crippen molar-refractivity contribution < 1.29 is 9.21 Å². The van der Waals surface area contributed by atoms with E-state index in [0.717, 1.165) is 37.6 Å². The fourth-order valence-electron chi connectivity index (χ4n) is 3.05. The lowest BCUT2D eigenvalue weighted by atomic mass is 10.1. The van der Waals surface area contributed by atoms with Gasteiger partial charge in [0.25, 0.3) is 11.5 Å². The molecule has 1 aliphatic heterocycles. The van der Waals surface area contributed by atoms with Crippen LogP contribution in [0, 0.1) is 5.92 Å². The van der Waals surface area contributed by atoms with Crippen LogP contribution in [0.25, 0.3) is 0 Å². The Morgan fingerprint density at radius 3 is 3.08 bits per heavy atom. The summed E-state index contributed by atoms with van der Waals surface area (Å²) in [6.45, 7) is 7.31. The number of likely N-dealkylation sites (tertiary alicyclic amines) is 1. The topological polar surface area (TPSA) is 91.2 Å². The van der Waals surface area contributed by atoms with Crippen LogP contribution in [0.1, 0.15) is 48.1 Å². The maximum Gasteiger partial charge on any atom is 0.260 e. The number of hydrogen-bond donors (Lipinski definition) is 2. The first kappa shape index (κ1) is 17.4. The lowest BCUT2D eigenvalue weighted by molar-refractivity contribution is 0.0945. The Hall–Kier alpha value is -2.41. The number of rotatable bonds is 6. The van der Waals surface area contributed by atoms with E-state index in [2.05, 4.69) is 34.0 Å². The molecule has 25 heavy (non-hydrogen) atoms. The van der Waals surface area contributed by atoms with Crippen LogP contribution in [0.2, 0.25) is 0 Å². The molecule has 1 amide bonds. The van der Waals surface area contributed by atoms with Crippen LogP contribution >= 0.6 is 0 Å². The summed E-state index contributed by atoms with van der Waals surface area (Å²) in [5.74, 6) is 1.11. The predicted molar refractivity (Wildman–Crippen MR) is 93.4 cm³/mol. The second kappa shape index (κ2) is 7.65. The molecule has 0 spiro atoms. The van der Waals surface area contributed by atoms with Gasteiger partial charge in [-0.2, -0.15) is 0 Å². The van der Waals surface area contributed by atoms with Crippen molar-refractivity contribution in [1.82, 2.24) is 20.2 Å². The fraction of sp³-hybridized carbons (Fsp3) is 0.500. The van der Waals surface area contributed by atoms with Crippen molar-refractivity contribution in [3.8, 4) is 0 Å². The smallest absolute Gasteiger partial charge is 0.260 e. The number of aromatic amines is 1. The summed E-state index contributed by atoms with van der Waals surface area (Å²) < 4.78 is 5.48. The van der Waals surface area contributed by atoms with Gasteiger partial charge < -0.3 is 14.7 Å². The first-order valence-corrected chi connectivity index (χ1v) is 8.65. The Balaban J connectivity index is 1.47. The number of pyridine rings is 1. The zero-order valence-electron chi connectivity index (χ0n) is 14.6. The monoisotopic (exact) mass is 344 g/mol. The molecular formula is C18H24N4O3. The van der Waals surface area contributed by atoms with E-state index < -0.39 is 0 Å². The number of hydrogen-bond acceptors (Lipinski definition) is 5. The zero-order valence-corrected chi connectivity index (χ0v) is 14.6. The molecule has 3 rings (SSSR count). The molecule has 2 aromatic heterocycles. The van der Waals surface area contributed by atoms with Crippen LogP contribution in [0.3, 0.4) is 0 Å². The summed E-state index contributed by atoms with van der Waals surface area (Å²) in [5, 5.41) is 2.87. The highest BCUT2D eigenvalue weighted by molar-refractivity contribution is 5.93. The molecule has 2 N–H and O–H groups in total. The molecule has 7 nitrogen and oxygen atoms in total. The minimum atomic E-state index is -0.361. The zero-order chi connectivity index (χ0) is 17.8. The number of nitrogens with zero attached hydrogens (tertiary/aromatic N) is 2. The summed E-state index contributed by atoms with van der Waals surface area (Å²) >= 11 is 0. The average molecular weight is 344 g/mol. The van der Waals surface area contributed by atoms with Crippen LogP contribution in [-0.2, 0) is 6.54 Å². The normalized spacial score (nSPS) is 18.0. The van der Waals surface area contributed by atoms with Crippen molar-refractivity contribution in [3.63, 3.8) is 0 Å². The SMILES string of the molecule is CC(C)c1nc(CN2CC[C@@H](CNC(=O)c3ccc[nH]c3=O)C2)co1. The van der Waals surface area contributed by atoms with E-state index in [0.29, 0.717) is 12.5 Å². The molecule has 0 bridgehead atoms. The van der Waals surface area contributed by atoms with Gasteiger partial charge >= 0.3 is 0 Å². The van der Waals surface area contributed by atoms with Crippen LogP contribution in [-0.4, -0.2) is 40.4 Å². The molecule has 1 atom stereocenters. The minimum Gasteiger partial charge on any atom is -0.448 e. The van der Waals surface area contributed by atoms with Crippen LogP contribution < -0.4 is 10.9 Å². The Labute approximate surface area is 146 Å². The van der Waals surface area contributed by atoms with E-state index in [4.69, 9.17) is 4.42 Å². The molecule has 3 heterocycles. The van der Waals surface area contributed by atoms with Crippen LogP contribution in [0.5, 0.6) is 0 Å². The summed E-state index contributed by atoms with van der Waals surface area (Å²) in [5.41, 5.74) is 0.741. The highest BCUT2D eigenvalue weighted by atomic mass is 16.3. The molecule has 0 radical (unpaired) electrons. The van der Waals surface area contributed by atoms with Crippen molar-refractivity contribution in [2.24, 2.45) is 5.92 Å². The van der Waals surface area contributed by atoms with Gasteiger partial charge in [-0.15, -0.1) is 0 Å². The second-order valence-corrected chi connectivity index (χ2v) is 6.84. The molecule has 1 saturated heterocycles. The number of nitrogens with one attached hydrogen (secondary N) is 2. The van der Waals surface area contributed by atoms with Crippen molar-refractivity contribution in [3.05, 3.63) is 52.1 Å². The summed E-state index contributed by atoms with van der Waals surface area (Å²) in [7, 11) is 0. The maximum atomic E-state index is 12.1. The quantitative estimate of drug-likeness (QED) is 0.833. The molecule has 134 valence electrons. The van der Waals surface area contributed by atoms with E-state index in [1.165, 1.54) is 12.3 Å². The molecule has 1 fully saturated rings. The van der Waals surface area contributed by atoms with E-state index >= 15 is 0 Å². The van der Waals surface area contributed by atoms with Crippen LogP contribution in [0.15, 0.2) is 33.8 Å². The first-order valence-electron chi connectivity index (χ1n) is 8.65. The molecule has 1 aliphatic rings. The predicted octanol–water partition coefficient (Wildman–Crippen LogP) is 1.74. The summed E-state index contributed by atoms with van der Waals surface area (Å²) in [6, 6.07) is 3.18. The number of oxazole rings is 1. The van der Waals surface area contributed by atoms with Crippen LogP contribution in [0.4, 0.5) is 0 Å². The van der Waals surface area contributed by atoms with Gasteiger partial charge in [0, 0.05) is 31.7 Å². The summed E-state index contributed by atoms with van der Waals surface area (Å²) in [6.07, 6.45) is 4.26. The number of aromatic nitrogens is 2. The van der Waals surface area contributed by atoms with Gasteiger partial charge in [0.2, 0.25) is 0 Å².